The van der Waals surface area contributed by atoms with Gasteiger partial charge in [-0.3, -0.25) is 10.1 Å². The van der Waals surface area contributed by atoms with Crippen molar-refractivity contribution in [2.24, 2.45) is 0 Å². The molecule has 4 nitrogen and oxygen atoms in total. The average Bonchev–Trinajstić information content (AvgIpc) is 2.40. The first-order valence-corrected chi connectivity index (χ1v) is 7.38. The summed E-state index contributed by atoms with van der Waals surface area (Å²) in [6, 6.07) is 13.2. The Labute approximate surface area is 122 Å². The van der Waals surface area contributed by atoms with E-state index < -0.39 is 4.92 Å². The van der Waals surface area contributed by atoms with Crippen molar-refractivity contribution in [3.8, 4) is 0 Å². The monoisotopic (exact) mass is 288 g/mol. The van der Waals surface area contributed by atoms with E-state index in [-0.39, 0.29) is 11.4 Å². The topological polar surface area (TPSA) is 69.2 Å². The second-order valence-electron chi connectivity index (χ2n) is 4.57. The Hall–Kier alpha value is -2.01. The van der Waals surface area contributed by atoms with Crippen molar-refractivity contribution in [3.63, 3.8) is 0 Å². The van der Waals surface area contributed by atoms with Gasteiger partial charge in [-0.05, 0) is 29.7 Å². The average molecular weight is 288 g/mol. The molecule has 0 atom stereocenters. The Kier molecular flexibility index (Phi) is 4.63. The number of rotatable bonds is 5. The molecule has 2 aromatic rings. The van der Waals surface area contributed by atoms with Gasteiger partial charge in [0.1, 0.15) is 5.69 Å². The maximum atomic E-state index is 10.7. The van der Waals surface area contributed by atoms with Crippen LogP contribution in [0.3, 0.4) is 0 Å². The number of hydrogen-bond donors (Lipinski definition) is 1. The molecule has 0 spiro atoms. The molecular weight excluding hydrogens is 272 g/mol. The third kappa shape index (κ3) is 3.51. The lowest BCUT2D eigenvalue weighted by atomic mass is 10.1. The van der Waals surface area contributed by atoms with Gasteiger partial charge >= 0.3 is 0 Å². The van der Waals surface area contributed by atoms with Gasteiger partial charge in [-0.2, -0.15) is 11.8 Å². The van der Waals surface area contributed by atoms with Crippen LogP contribution in [0, 0.1) is 17.0 Å². The van der Waals surface area contributed by atoms with Gasteiger partial charge in [-0.1, -0.05) is 30.3 Å². The van der Waals surface area contributed by atoms with Gasteiger partial charge in [0, 0.05) is 17.6 Å². The van der Waals surface area contributed by atoms with Crippen LogP contribution in [-0.2, 0) is 11.5 Å². The zero-order chi connectivity index (χ0) is 14.5. The summed E-state index contributed by atoms with van der Waals surface area (Å²) >= 11 is 1.77. The molecular formula is C15H16N2O2S. The van der Waals surface area contributed by atoms with Crippen molar-refractivity contribution in [3.05, 3.63) is 69.3 Å². The number of nitrogens with zero attached hydrogens (tertiary/aromatic N) is 1. The zero-order valence-corrected chi connectivity index (χ0v) is 12.0. The molecule has 0 aromatic heterocycles. The minimum absolute atomic E-state index is 0.0300. The van der Waals surface area contributed by atoms with Gasteiger partial charge in [0.2, 0.25) is 0 Å². The molecule has 0 amide bonds. The van der Waals surface area contributed by atoms with Gasteiger partial charge in [-0.25, -0.2) is 0 Å². The zero-order valence-electron chi connectivity index (χ0n) is 11.2. The highest BCUT2D eigenvalue weighted by molar-refractivity contribution is 7.97. The maximum Gasteiger partial charge on any atom is 0.292 e. The van der Waals surface area contributed by atoms with E-state index in [4.69, 9.17) is 5.73 Å². The molecule has 20 heavy (non-hydrogen) atoms. The molecule has 0 aliphatic carbocycles. The molecule has 0 fully saturated rings. The Morgan fingerprint density at radius 1 is 1.20 bits per heavy atom. The fraction of sp³-hybridized carbons (Fsp3) is 0.200. The highest BCUT2D eigenvalue weighted by Gasteiger charge is 2.10. The van der Waals surface area contributed by atoms with Gasteiger partial charge in [0.15, 0.2) is 0 Å². The summed E-state index contributed by atoms with van der Waals surface area (Å²) in [5.74, 6) is 1.71. The first kappa shape index (κ1) is 14.4. The number of nitro benzene ring substituents is 1. The van der Waals surface area contributed by atoms with Crippen LogP contribution in [0.4, 0.5) is 11.4 Å². The van der Waals surface area contributed by atoms with Crippen molar-refractivity contribution in [2.45, 2.75) is 18.4 Å². The van der Waals surface area contributed by atoms with Crippen LogP contribution in [-0.4, -0.2) is 4.92 Å². The Balaban J connectivity index is 1.97. The van der Waals surface area contributed by atoms with Crippen molar-refractivity contribution in [1.29, 1.82) is 0 Å². The number of nitro groups is 1. The van der Waals surface area contributed by atoms with E-state index in [1.54, 1.807) is 23.9 Å². The standard InChI is InChI=1S/C15H16N2O2S/c1-11-4-2-3-5-13(11)10-20-9-12-6-7-15(17(18)19)14(16)8-12/h2-8H,9-10,16H2,1H3. The van der Waals surface area contributed by atoms with E-state index in [0.717, 1.165) is 17.1 Å². The number of hydrogen-bond acceptors (Lipinski definition) is 4. The van der Waals surface area contributed by atoms with Gasteiger partial charge in [-0.15, -0.1) is 0 Å². The molecule has 0 aliphatic heterocycles. The van der Waals surface area contributed by atoms with Crippen LogP contribution >= 0.6 is 11.8 Å². The van der Waals surface area contributed by atoms with Crippen molar-refractivity contribution in [2.75, 3.05) is 5.73 Å². The van der Waals surface area contributed by atoms with Gasteiger partial charge < -0.3 is 5.73 Å². The van der Waals surface area contributed by atoms with E-state index in [0.29, 0.717) is 0 Å². The number of anilines is 1. The van der Waals surface area contributed by atoms with Crippen LogP contribution in [0.15, 0.2) is 42.5 Å². The summed E-state index contributed by atoms with van der Waals surface area (Å²) in [5, 5.41) is 10.7. The molecule has 0 heterocycles. The van der Waals surface area contributed by atoms with Crippen molar-refractivity contribution >= 4 is 23.1 Å². The number of nitrogens with two attached hydrogens (primary N) is 1. The molecule has 2 rings (SSSR count). The Morgan fingerprint density at radius 3 is 2.60 bits per heavy atom. The second kappa shape index (κ2) is 6.43. The molecule has 104 valence electrons. The van der Waals surface area contributed by atoms with Crippen LogP contribution in [0.2, 0.25) is 0 Å². The van der Waals surface area contributed by atoms with Crippen LogP contribution in [0.1, 0.15) is 16.7 Å². The highest BCUT2D eigenvalue weighted by Crippen LogP contribution is 2.25. The fourth-order valence-corrected chi connectivity index (χ4v) is 2.97. The molecule has 2 N–H and O–H groups in total. The predicted octanol–water partition coefficient (Wildman–Crippen LogP) is 3.92. The predicted molar refractivity (Wildman–Crippen MR) is 83.7 cm³/mol. The molecule has 0 unspecified atom stereocenters. The SMILES string of the molecule is Cc1ccccc1CSCc1ccc([N+](=O)[O-])c(N)c1. The molecule has 0 saturated heterocycles. The maximum absolute atomic E-state index is 10.7. The lowest BCUT2D eigenvalue weighted by Gasteiger charge is -2.06. The third-order valence-corrected chi connectivity index (χ3v) is 4.13. The van der Waals surface area contributed by atoms with Crippen molar-refractivity contribution in [1.82, 2.24) is 0 Å². The quantitative estimate of drug-likeness (QED) is 0.514. The fourth-order valence-electron chi connectivity index (χ4n) is 1.91. The number of benzene rings is 2. The minimum atomic E-state index is -0.459. The molecule has 0 radical (unpaired) electrons. The van der Waals surface area contributed by atoms with Crippen LogP contribution < -0.4 is 5.73 Å². The van der Waals surface area contributed by atoms with E-state index in [1.807, 2.05) is 12.1 Å². The molecule has 0 aliphatic rings. The van der Waals surface area contributed by atoms with Crippen LogP contribution in [0.5, 0.6) is 0 Å². The van der Waals surface area contributed by atoms with Gasteiger partial charge in [0.05, 0.1) is 4.92 Å². The molecule has 0 saturated carbocycles. The smallest absolute Gasteiger partial charge is 0.292 e. The molecule has 0 bridgehead atoms. The first-order chi connectivity index (χ1) is 9.58. The number of nitrogen functional groups attached to an aromatic ring is 1. The Bertz CT molecular complexity index is 629. The van der Waals surface area contributed by atoms with E-state index in [1.165, 1.54) is 17.2 Å². The lowest BCUT2D eigenvalue weighted by Crippen LogP contribution is -1.96. The summed E-state index contributed by atoms with van der Waals surface area (Å²) in [4.78, 5) is 10.2. The minimum Gasteiger partial charge on any atom is -0.393 e. The van der Waals surface area contributed by atoms with Crippen molar-refractivity contribution < 1.29 is 4.92 Å². The van der Waals surface area contributed by atoms with Gasteiger partial charge in [0.25, 0.3) is 5.69 Å². The normalized spacial score (nSPS) is 10.4. The van der Waals surface area contributed by atoms with E-state index in [2.05, 4.69) is 19.1 Å². The lowest BCUT2D eigenvalue weighted by molar-refractivity contribution is -0.383. The van der Waals surface area contributed by atoms with E-state index >= 15 is 0 Å². The summed E-state index contributed by atoms with van der Waals surface area (Å²) < 4.78 is 0. The van der Waals surface area contributed by atoms with Crippen LogP contribution in [0.25, 0.3) is 0 Å². The van der Waals surface area contributed by atoms with E-state index in [9.17, 15) is 10.1 Å². The summed E-state index contributed by atoms with van der Waals surface area (Å²) in [6.45, 7) is 2.10. The summed E-state index contributed by atoms with van der Waals surface area (Å²) in [7, 11) is 0. The largest absolute Gasteiger partial charge is 0.393 e. The second-order valence-corrected chi connectivity index (χ2v) is 5.56. The first-order valence-electron chi connectivity index (χ1n) is 6.23. The summed E-state index contributed by atoms with van der Waals surface area (Å²) in [6.07, 6.45) is 0. The molecule has 2 aromatic carbocycles. The summed E-state index contributed by atoms with van der Waals surface area (Å²) in [5.41, 5.74) is 9.47. The Morgan fingerprint density at radius 2 is 1.95 bits per heavy atom. The molecule has 5 heteroatoms. The third-order valence-electron chi connectivity index (χ3n) is 3.08. The number of aryl methyl sites for hydroxylation is 1. The highest BCUT2D eigenvalue weighted by atomic mass is 32.2. The number of thioether (sulfide) groups is 1.